The molecule has 0 saturated carbocycles. The van der Waals surface area contributed by atoms with E-state index in [1.165, 1.54) is 29.7 Å². The summed E-state index contributed by atoms with van der Waals surface area (Å²) in [4.78, 5) is 14.4. The minimum atomic E-state index is -0.348. The van der Waals surface area contributed by atoms with Crippen LogP contribution in [0.4, 0.5) is 0 Å². The first-order valence-corrected chi connectivity index (χ1v) is 7.87. The zero-order chi connectivity index (χ0) is 16.8. The van der Waals surface area contributed by atoms with E-state index in [-0.39, 0.29) is 5.97 Å². The number of hydrogen-bond acceptors (Lipinski definition) is 3. The minimum Gasteiger partial charge on any atom is -0.466 e. The van der Waals surface area contributed by atoms with E-state index in [4.69, 9.17) is 0 Å². The van der Waals surface area contributed by atoms with Gasteiger partial charge in [-0.25, -0.2) is 4.79 Å². The monoisotopic (exact) mass is 320 g/mol. The molecule has 0 fully saturated rings. The summed E-state index contributed by atoms with van der Waals surface area (Å²) in [5, 5.41) is 4.72. The molecule has 0 radical (unpaired) electrons. The van der Waals surface area contributed by atoms with Gasteiger partial charge in [-0.05, 0) is 28.8 Å². The Bertz CT molecular complexity index is 847. The molecule has 24 heavy (non-hydrogen) atoms. The van der Waals surface area contributed by atoms with Crippen molar-refractivity contribution in [3.8, 4) is 0 Å². The summed E-state index contributed by atoms with van der Waals surface area (Å²) in [5.41, 5.74) is 4.60. The number of rotatable bonds is 6. The lowest BCUT2D eigenvalue weighted by atomic mass is 10.1. The van der Waals surface area contributed by atoms with Crippen molar-refractivity contribution in [2.24, 2.45) is 0 Å². The second-order valence-corrected chi connectivity index (χ2v) is 5.56. The first kappa shape index (κ1) is 16.0. The van der Waals surface area contributed by atoms with Crippen LogP contribution in [0.2, 0.25) is 0 Å². The molecule has 3 rings (SSSR count). The maximum atomic E-state index is 11.1. The zero-order valence-electron chi connectivity index (χ0n) is 13.6. The number of methoxy groups -OCH3 is 1. The molecule has 0 spiro atoms. The zero-order valence-corrected chi connectivity index (χ0v) is 13.6. The number of aromatic nitrogens is 1. The summed E-state index contributed by atoms with van der Waals surface area (Å²) in [5.74, 6) is -0.348. The van der Waals surface area contributed by atoms with E-state index in [1.54, 1.807) is 6.08 Å². The van der Waals surface area contributed by atoms with Crippen molar-refractivity contribution >= 4 is 22.9 Å². The van der Waals surface area contributed by atoms with Gasteiger partial charge in [0, 0.05) is 36.3 Å². The largest absolute Gasteiger partial charge is 0.466 e. The Morgan fingerprint density at radius 2 is 1.92 bits per heavy atom. The molecule has 1 aromatic heterocycles. The van der Waals surface area contributed by atoms with Gasteiger partial charge >= 0.3 is 5.97 Å². The maximum Gasteiger partial charge on any atom is 0.330 e. The molecular weight excluding hydrogens is 300 g/mol. The molecule has 0 aliphatic heterocycles. The molecule has 0 amide bonds. The van der Waals surface area contributed by atoms with Crippen molar-refractivity contribution in [2.75, 3.05) is 7.11 Å². The van der Waals surface area contributed by atoms with Crippen molar-refractivity contribution in [2.45, 2.75) is 13.1 Å². The first-order chi connectivity index (χ1) is 11.8. The summed E-state index contributed by atoms with van der Waals surface area (Å²) in [6.45, 7) is 1.61. The van der Waals surface area contributed by atoms with Crippen LogP contribution >= 0.6 is 0 Å². The first-order valence-electron chi connectivity index (χ1n) is 7.87. The fraction of sp³-hybridized carbons (Fsp3) is 0.150. The molecule has 0 saturated heterocycles. The number of esters is 1. The van der Waals surface area contributed by atoms with Crippen molar-refractivity contribution in [1.29, 1.82) is 0 Å². The van der Waals surface area contributed by atoms with Gasteiger partial charge in [-0.15, -0.1) is 0 Å². The van der Waals surface area contributed by atoms with Gasteiger partial charge < -0.3 is 15.0 Å². The van der Waals surface area contributed by atoms with Gasteiger partial charge in [0.25, 0.3) is 0 Å². The highest BCUT2D eigenvalue weighted by molar-refractivity contribution is 5.86. The lowest BCUT2D eigenvalue weighted by molar-refractivity contribution is -0.134. The average molecular weight is 320 g/mol. The molecular formula is C20H20N2O2. The predicted molar refractivity (Wildman–Crippen MR) is 96.3 cm³/mol. The van der Waals surface area contributed by atoms with Gasteiger partial charge in [-0.2, -0.15) is 0 Å². The highest BCUT2D eigenvalue weighted by Gasteiger charge is 2.02. The quantitative estimate of drug-likeness (QED) is 0.538. The topological polar surface area (TPSA) is 54.1 Å². The van der Waals surface area contributed by atoms with E-state index in [1.807, 2.05) is 18.2 Å². The molecule has 0 atom stereocenters. The van der Waals surface area contributed by atoms with Crippen LogP contribution in [0.15, 0.2) is 60.8 Å². The third kappa shape index (κ3) is 3.91. The fourth-order valence-electron chi connectivity index (χ4n) is 2.60. The normalized spacial score (nSPS) is 11.2. The molecule has 4 heteroatoms. The molecule has 122 valence electrons. The molecule has 0 aliphatic rings. The summed E-state index contributed by atoms with van der Waals surface area (Å²) in [7, 11) is 1.37. The van der Waals surface area contributed by atoms with Gasteiger partial charge in [0.2, 0.25) is 0 Å². The summed E-state index contributed by atoms with van der Waals surface area (Å²) >= 11 is 0. The highest BCUT2D eigenvalue weighted by atomic mass is 16.5. The van der Waals surface area contributed by atoms with Gasteiger partial charge in [0.1, 0.15) is 0 Å². The number of H-pyrrole nitrogens is 1. The van der Waals surface area contributed by atoms with Crippen molar-refractivity contribution in [1.82, 2.24) is 10.3 Å². The minimum absolute atomic E-state index is 0.348. The number of hydrogen-bond donors (Lipinski definition) is 2. The Labute approximate surface area is 141 Å². The highest BCUT2D eigenvalue weighted by Crippen LogP contribution is 2.17. The second kappa shape index (κ2) is 7.62. The Kier molecular flexibility index (Phi) is 5.08. The van der Waals surface area contributed by atoms with Crippen LogP contribution in [0.25, 0.3) is 17.0 Å². The number of carbonyl (C=O) groups is 1. The van der Waals surface area contributed by atoms with Gasteiger partial charge in [-0.3, -0.25) is 0 Å². The van der Waals surface area contributed by atoms with E-state index in [9.17, 15) is 4.79 Å². The van der Waals surface area contributed by atoms with Crippen LogP contribution in [-0.2, 0) is 22.6 Å². The van der Waals surface area contributed by atoms with Crippen LogP contribution in [-0.4, -0.2) is 18.1 Å². The predicted octanol–water partition coefficient (Wildman–Crippen LogP) is 3.64. The molecule has 2 aromatic carbocycles. The molecule has 3 aromatic rings. The number of fused-ring (bicyclic) bond motifs is 1. The lowest BCUT2D eigenvalue weighted by Gasteiger charge is -2.05. The van der Waals surface area contributed by atoms with Crippen molar-refractivity contribution in [3.63, 3.8) is 0 Å². The van der Waals surface area contributed by atoms with E-state index < -0.39 is 0 Å². The smallest absolute Gasteiger partial charge is 0.330 e. The summed E-state index contributed by atoms with van der Waals surface area (Å²) in [6.07, 6.45) is 5.22. The Morgan fingerprint density at radius 3 is 2.71 bits per heavy atom. The average Bonchev–Trinajstić information content (AvgIpc) is 3.04. The number of carbonyl (C=O) groups excluding carboxylic acids is 1. The molecule has 0 aliphatic carbocycles. The van der Waals surface area contributed by atoms with Crippen LogP contribution < -0.4 is 5.32 Å². The van der Waals surface area contributed by atoms with Crippen LogP contribution in [0.3, 0.4) is 0 Å². The van der Waals surface area contributed by atoms with Crippen LogP contribution in [0, 0.1) is 0 Å². The Balaban J connectivity index is 1.55. The lowest BCUT2D eigenvalue weighted by Crippen LogP contribution is -2.12. The van der Waals surface area contributed by atoms with E-state index >= 15 is 0 Å². The molecule has 1 heterocycles. The van der Waals surface area contributed by atoms with Gasteiger partial charge in [0.15, 0.2) is 0 Å². The number of benzene rings is 2. The number of nitrogens with one attached hydrogen (secondary N) is 2. The van der Waals surface area contributed by atoms with E-state index in [0.29, 0.717) is 0 Å². The standard InChI is InChI=1S/C20H20N2O2/c1-24-20(23)11-10-15-6-8-16(9-7-15)12-21-13-17-14-22-19-5-3-2-4-18(17)19/h2-11,14,21-22H,12-13H2,1H3/b11-10+. The third-order valence-electron chi connectivity index (χ3n) is 3.91. The van der Waals surface area contributed by atoms with Crippen LogP contribution in [0.1, 0.15) is 16.7 Å². The van der Waals surface area contributed by atoms with E-state index in [0.717, 1.165) is 24.2 Å². The Morgan fingerprint density at radius 1 is 1.12 bits per heavy atom. The van der Waals surface area contributed by atoms with Gasteiger partial charge in [0.05, 0.1) is 7.11 Å². The number of aromatic amines is 1. The summed E-state index contributed by atoms with van der Waals surface area (Å²) < 4.78 is 4.58. The molecule has 0 unspecified atom stereocenters. The number of para-hydroxylation sites is 1. The van der Waals surface area contributed by atoms with Gasteiger partial charge in [-0.1, -0.05) is 42.5 Å². The maximum absolute atomic E-state index is 11.1. The Hall–Kier alpha value is -2.85. The van der Waals surface area contributed by atoms with Crippen molar-refractivity contribution < 1.29 is 9.53 Å². The molecule has 4 nitrogen and oxygen atoms in total. The van der Waals surface area contributed by atoms with E-state index in [2.05, 4.69) is 51.6 Å². The number of ether oxygens (including phenoxy) is 1. The molecule has 2 N–H and O–H groups in total. The SMILES string of the molecule is COC(=O)/C=C/c1ccc(CNCc2c[nH]c3ccccc23)cc1. The fourth-order valence-corrected chi connectivity index (χ4v) is 2.60. The molecule has 0 bridgehead atoms. The summed E-state index contributed by atoms with van der Waals surface area (Å²) in [6, 6.07) is 16.4. The van der Waals surface area contributed by atoms with Crippen molar-refractivity contribution in [3.05, 3.63) is 77.5 Å². The third-order valence-corrected chi connectivity index (χ3v) is 3.91. The second-order valence-electron chi connectivity index (χ2n) is 5.56. The van der Waals surface area contributed by atoms with Crippen LogP contribution in [0.5, 0.6) is 0 Å².